The van der Waals surface area contributed by atoms with Crippen LogP contribution in [0.25, 0.3) is 0 Å². The molecule has 0 bridgehead atoms. The molecule has 0 fully saturated rings. The molecule has 94 valence electrons. The first-order chi connectivity index (χ1) is 8.22. The molecule has 0 aromatic heterocycles. The minimum atomic E-state index is -0.745. The van der Waals surface area contributed by atoms with Crippen molar-refractivity contribution in [2.45, 2.75) is 13.5 Å². The van der Waals surface area contributed by atoms with Crippen molar-refractivity contribution < 1.29 is 14.3 Å². The van der Waals surface area contributed by atoms with Gasteiger partial charge in [-0.05, 0) is 24.6 Å². The summed E-state index contributed by atoms with van der Waals surface area (Å²) < 4.78 is 9.99. The number of benzene rings is 1. The Balaban J connectivity index is 2.26. The first-order valence-corrected chi connectivity index (χ1v) is 5.57. The molecule has 1 rings (SSSR count). The second kappa shape index (κ2) is 7.51. The van der Waals surface area contributed by atoms with E-state index in [1.165, 1.54) is 0 Å². The predicted molar refractivity (Wildman–Crippen MR) is 64.9 cm³/mol. The number of rotatable bonds is 7. The van der Waals surface area contributed by atoms with Gasteiger partial charge in [0.05, 0.1) is 6.61 Å². The third-order valence-corrected chi connectivity index (χ3v) is 2.06. The summed E-state index contributed by atoms with van der Waals surface area (Å²) in [6.07, 6.45) is -0.745. The second-order valence-electron chi connectivity index (χ2n) is 3.42. The normalized spacial score (nSPS) is 9.94. The summed E-state index contributed by atoms with van der Waals surface area (Å²) in [5.41, 5.74) is 5.95. The van der Waals surface area contributed by atoms with Gasteiger partial charge in [0.2, 0.25) is 0 Å². The lowest BCUT2D eigenvalue weighted by Gasteiger charge is -2.07. The van der Waals surface area contributed by atoms with E-state index in [2.05, 4.69) is 10.1 Å². The number of hydrogen-bond acceptors (Lipinski definition) is 4. The quantitative estimate of drug-likeness (QED) is 0.702. The molecule has 0 unspecified atom stereocenters. The Morgan fingerprint density at radius 3 is 3.00 bits per heavy atom. The SMILES string of the molecule is CCOc1cccc(CNCCOC(N)=O)c1. The fourth-order valence-corrected chi connectivity index (χ4v) is 1.37. The van der Waals surface area contributed by atoms with Crippen LogP contribution in [0, 0.1) is 0 Å². The van der Waals surface area contributed by atoms with Crippen molar-refractivity contribution in [3.63, 3.8) is 0 Å². The molecule has 1 aromatic rings. The summed E-state index contributed by atoms with van der Waals surface area (Å²) in [4.78, 5) is 10.3. The van der Waals surface area contributed by atoms with Gasteiger partial charge in [0.15, 0.2) is 0 Å². The van der Waals surface area contributed by atoms with Gasteiger partial charge in [-0.2, -0.15) is 0 Å². The Morgan fingerprint density at radius 1 is 1.47 bits per heavy atom. The zero-order valence-corrected chi connectivity index (χ0v) is 9.94. The van der Waals surface area contributed by atoms with Gasteiger partial charge in [0, 0.05) is 13.1 Å². The summed E-state index contributed by atoms with van der Waals surface area (Å²) in [6.45, 7) is 4.15. The van der Waals surface area contributed by atoms with E-state index in [4.69, 9.17) is 10.5 Å². The van der Waals surface area contributed by atoms with Crippen LogP contribution in [-0.2, 0) is 11.3 Å². The van der Waals surface area contributed by atoms with Crippen LogP contribution in [-0.4, -0.2) is 25.9 Å². The predicted octanol–water partition coefficient (Wildman–Crippen LogP) is 1.27. The second-order valence-corrected chi connectivity index (χ2v) is 3.42. The lowest BCUT2D eigenvalue weighted by Crippen LogP contribution is -2.23. The van der Waals surface area contributed by atoms with Gasteiger partial charge < -0.3 is 20.5 Å². The third kappa shape index (κ3) is 5.77. The number of nitrogens with two attached hydrogens (primary N) is 1. The van der Waals surface area contributed by atoms with Crippen LogP contribution < -0.4 is 15.8 Å². The maximum Gasteiger partial charge on any atom is 0.404 e. The van der Waals surface area contributed by atoms with Crippen LogP contribution in [0.3, 0.4) is 0 Å². The average molecular weight is 238 g/mol. The highest BCUT2D eigenvalue weighted by molar-refractivity contribution is 5.64. The molecular formula is C12H18N2O3. The first-order valence-electron chi connectivity index (χ1n) is 5.57. The summed E-state index contributed by atoms with van der Waals surface area (Å²) >= 11 is 0. The minimum Gasteiger partial charge on any atom is -0.494 e. The fourth-order valence-electron chi connectivity index (χ4n) is 1.37. The molecule has 3 N–H and O–H groups in total. The van der Waals surface area contributed by atoms with E-state index in [-0.39, 0.29) is 6.61 Å². The lowest BCUT2D eigenvalue weighted by molar-refractivity contribution is 0.157. The molecule has 5 heteroatoms. The number of amides is 1. The Kier molecular flexibility index (Phi) is 5.88. The number of hydrogen-bond donors (Lipinski definition) is 2. The highest BCUT2D eigenvalue weighted by atomic mass is 16.5. The minimum absolute atomic E-state index is 0.278. The molecule has 0 aliphatic carbocycles. The number of carbonyl (C=O) groups is 1. The van der Waals surface area contributed by atoms with E-state index in [0.717, 1.165) is 11.3 Å². The van der Waals surface area contributed by atoms with E-state index in [1.807, 2.05) is 31.2 Å². The third-order valence-electron chi connectivity index (χ3n) is 2.06. The van der Waals surface area contributed by atoms with Crippen molar-refractivity contribution in [3.05, 3.63) is 29.8 Å². The van der Waals surface area contributed by atoms with E-state index >= 15 is 0 Å². The van der Waals surface area contributed by atoms with Gasteiger partial charge in [-0.1, -0.05) is 12.1 Å². The van der Waals surface area contributed by atoms with Crippen LogP contribution in [0.4, 0.5) is 4.79 Å². The van der Waals surface area contributed by atoms with Gasteiger partial charge in [-0.3, -0.25) is 0 Å². The van der Waals surface area contributed by atoms with Crippen LogP contribution >= 0.6 is 0 Å². The maximum atomic E-state index is 10.3. The van der Waals surface area contributed by atoms with Gasteiger partial charge in [-0.15, -0.1) is 0 Å². The van der Waals surface area contributed by atoms with E-state index in [1.54, 1.807) is 0 Å². The smallest absolute Gasteiger partial charge is 0.404 e. The highest BCUT2D eigenvalue weighted by Crippen LogP contribution is 2.12. The van der Waals surface area contributed by atoms with Crippen LogP contribution in [0.15, 0.2) is 24.3 Å². The Labute approximate surface area is 101 Å². The van der Waals surface area contributed by atoms with E-state index in [9.17, 15) is 4.79 Å². The summed E-state index contributed by atoms with van der Waals surface area (Å²) in [5.74, 6) is 0.861. The number of primary amides is 1. The Bertz CT molecular complexity index is 355. The zero-order chi connectivity index (χ0) is 12.5. The van der Waals surface area contributed by atoms with Crippen LogP contribution in [0.1, 0.15) is 12.5 Å². The fraction of sp³-hybridized carbons (Fsp3) is 0.417. The van der Waals surface area contributed by atoms with Crippen molar-refractivity contribution in [2.75, 3.05) is 19.8 Å². The van der Waals surface area contributed by atoms with Crippen LogP contribution in [0.5, 0.6) is 5.75 Å². The molecule has 1 aromatic carbocycles. The highest BCUT2D eigenvalue weighted by Gasteiger charge is 1.97. The van der Waals surface area contributed by atoms with Gasteiger partial charge in [-0.25, -0.2) is 4.79 Å². The Morgan fingerprint density at radius 2 is 2.29 bits per heavy atom. The van der Waals surface area contributed by atoms with E-state index in [0.29, 0.717) is 19.7 Å². The van der Waals surface area contributed by atoms with Gasteiger partial charge in [0.25, 0.3) is 0 Å². The molecule has 1 amide bonds. The topological polar surface area (TPSA) is 73.6 Å². The largest absolute Gasteiger partial charge is 0.494 e. The molecule has 0 saturated heterocycles. The summed E-state index contributed by atoms with van der Waals surface area (Å²) in [6, 6.07) is 7.85. The van der Waals surface area contributed by atoms with Crippen molar-refractivity contribution >= 4 is 6.09 Å². The summed E-state index contributed by atoms with van der Waals surface area (Å²) in [5, 5.41) is 3.14. The molecule has 0 saturated carbocycles. The molecule has 0 aliphatic heterocycles. The van der Waals surface area contributed by atoms with Crippen molar-refractivity contribution in [3.8, 4) is 5.75 Å². The average Bonchev–Trinajstić information content (AvgIpc) is 2.29. The van der Waals surface area contributed by atoms with Crippen molar-refractivity contribution in [1.82, 2.24) is 5.32 Å². The number of ether oxygens (including phenoxy) is 2. The molecule has 5 nitrogen and oxygen atoms in total. The molecule has 17 heavy (non-hydrogen) atoms. The van der Waals surface area contributed by atoms with Gasteiger partial charge in [0.1, 0.15) is 12.4 Å². The lowest BCUT2D eigenvalue weighted by atomic mass is 10.2. The standard InChI is InChI=1S/C12H18N2O3/c1-2-16-11-5-3-4-10(8-11)9-14-6-7-17-12(13)15/h3-5,8,14H,2,6-7,9H2,1H3,(H2,13,15). The van der Waals surface area contributed by atoms with Crippen LogP contribution in [0.2, 0.25) is 0 Å². The monoisotopic (exact) mass is 238 g/mol. The molecular weight excluding hydrogens is 220 g/mol. The zero-order valence-electron chi connectivity index (χ0n) is 9.94. The van der Waals surface area contributed by atoms with Gasteiger partial charge >= 0.3 is 6.09 Å². The van der Waals surface area contributed by atoms with Crippen molar-refractivity contribution in [2.24, 2.45) is 5.73 Å². The van der Waals surface area contributed by atoms with E-state index < -0.39 is 6.09 Å². The maximum absolute atomic E-state index is 10.3. The number of carbonyl (C=O) groups excluding carboxylic acids is 1. The van der Waals surface area contributed by atoms with Crippen molar-refractivity contribution in [1.29, 1.82) is 0 Å². The summed E-state index contributed by atoms with van der Waals surface area (Å²) in [7, 11) is 0. The number of nitrogens with one attached hydrogen (secondary N) is 1. The first kappa shape index (κ1) is 13.3. The molecule has 0 heterocycles. The molecule has 0 spiro atoms. The molecule has 0 aliphatic rings. The molecule has 0 radical (unpaired) electrons. The molecule has 0 atom stereocenters. The Hall–Kier alpha value is -1.75.